The summed E-state index contributed by atoms with van der Waals surface area (Å²) in [7, 11) is 0. The van der Waals surface area contributed by atoms with E-state index in [1.807, 2.05) is 6.92 Å². The predicted octanol–water partition coefficient (Wildman–Crippen LogP) is 3.32. The number of hydrogen-bond acceptors (Lipinski definition) is 1. The van der Waals surface area contributed by atoms with Crippen LogP contribution >= 0.6 is 22.6 Å². The minimum absolute atomic E-state index is 1.01. The topological polar surface area (TPSA) is 28.7 Å². The van der Waals surface area contributed by atoms with Crippen LogP contribution in [0.3, 0.4) is 0 Å². The van der Waals surface area contributed by atoms with Gasteiger partial charge >= 0.3 is 0 Å². The highest BCUT2D eigenvalue weighted by atomic mass is 127. The molecule has 0 atom stereocenters. The van der Waals surface area contributed by atoms with E-state index in [0.717, 1.165) is 15.8 Å². The fourth-order valence-corrected chi connectivity index (χ4v) is 2.11. The van der Waals surface area contributed by atoms with E-state index in [1.54, 1.807) is 0 Å². The Bertz CT molecular complexity index is 434. The highest BCUT2D eigenvalue weighted by Crippen LogP contribution is 2.23. The molecule has 0 bridgehead atoms. The highest BCUT2D eigenvalue weighted by molar-refractivity contribution is 14.1. The summed E-state index contributed by atoms with van der Waals surface area (Å²) in [5.74, 6) is 0. The van der Waals surface area contributed by atoms with E-state index in [4.69, 9.17) is 0 Å². The number of nitrogens with zero attached hydrogens (tertiary/aromatic N) is 1. The smallest absolute Gasteiger partial charge is 0.0926 e. The molecule has 0 unspecified atom stereocenters. The zero-order chi connectivity index (χ0) is 9.97. The van der Waals surface area contributed by atoms with Crippen LogP contribution in [0.5, 0.6) is 0 Å². The number of aromatic amines is 1. The standard InChI is InChI=1S/C11H11IN2/c1-8-6-11(14-13-8)10-5-3-2-4-9(10)7-12/h2-6H,7H2,1H3,(H,13,14). The number of H-pyrrole nitrogens is 1. The van der Waals surface area contributed by atoms with Crippen LogP contribution in [-0.4, -0.2) is 10.2 Å². The molecule has 3 heteroatoms. The number of alkyl halides is 1. The number of benzene rings is 1. The van der Waals surface area contributed by atoms with E-state index in [2.05, 4.69) is 63.1 Å². The van der Waals surface area contributed by atoms with Crippen LogP contribution in [0.25, 0.3) is 11.3 Å². The first kappa shape index (κ1) is 9.71. The summed E-state index contributed by atoms with van der Waals surface area (Å²) in [4.78, 5) is 0. The molecule has 1 aromatic heterocycles. The molecular weight excluding hydrogens is 287 g/mol. The molecular formula is C11H11IN2. The fraction of sp³-hybridized carbons (Fsp3) is 0.182. The second-order valence-corrected chi connectivity index (χ2v) is 3.99. The van der Waals surface area contributed by atoms with E-state index in [1.165, 1.54) is 11.1 Å². The molecule has 1 N–H and O–H groups in total. The summed E-state index contributed by atoms with van der Waals surface area (Å²) < 4.78 is 1.01. The van der Waals surface area contributed by atoms with Crippen molar-refractivity contribution in [2.75, 3.05) is 0 Å². The second-order valence-electron chi connectivity index (χ2n) is 3.23. The first-order valence-corrected chi connectivity index (χ1v) is 6.00. The molecule has 0 aliphatic heterocycles. The van der Waals surface area contributed by atoms with Gasteiger partial charge in [-0.25, -0.2) is 0 Å². The number of rotatable bonds is 2. The maximum absolute atomic E-state index is 4.27. The molecule has 0 aliphatic carbocycles. The van der Waals surface area contributed by atoms with Crippen LogP contribution in [0.4, 0.5) is 0 Å². The average molecular weight is 298 g/mol. The van der Waals surface area contributed by atoms with Crippen LogP contribution in [-0.2, 0) is 4.43 Å². The summed E-state index contributed by atoms with van der Waals surface area (Å²) >= 11 is 2.37. The van der Waals surface area contributed by atoms with Crippen molar-refractivity contribution in [2.45, 2.75) is 11.4 Å². The zero-order valence-electron chi connectivity index (χ0n) is 7.92. The summed E-state index contributed by atoms with van der Waals surface area (Å²) in [6.07, 6.45) is 0. The monoisotopic (exact) mass is 298 g/mol. The Balaban J connectivity index is 2.50. The Hall–Kier alpha value is -0.840. The molecule has 0 aliphatic rings. The molecule has 0 spiro atoms. The van der Waals surface area contributed by atoms with E-state index >= 15 is 0 Å². The molecule has 0 fully saturated rings. The van der Waals surface area contributed by atoms with Gasteiger partial charge in [0.25, 0.3) is 0 Å². The summed E-state index contributed by atoms with van der Waals surface area (Å²) in [6.45, 7) is 2.02. The quantitative estimate of drug-likeness (QED) is 0.668. The summed E-state index contributed by atoms with van der Waals surface area (Å²) in [5.41, 5.74) is 4.70. The van der Waals surface area contributed by atoms with Crippen LogP contribution in [0.1, 0.15) is 11.3 Å². The fourth-order valence-electron chi connectivity index (χ4n) is 1.44. The van der Waals surface area contributed by atoms with Gasteiger partial charge in [0.15, 0.2) is 0 Å². The molecule has 1 heterocycles. The molecule has 1 aromatic carbocycles. The van der Waals surface area contributed by atoms with Crippen LogP contribution in [0, 0.1) is 6.92 Å². The maximum Gasteiger partial charge on any atom is 0.0926 e. The lowest BCUT2D eigenvalue weighted by molar-refractivity contribution is 1.05. The first-order chi connectivity index (χ1) is 6.81. The SMILES string of the molecule is Cc1cc(-c2ccccc2CI)n[nH]1. The van der Waals surface area contributed by atoms with Gasteiger partial charge in [-0.2, -0.15) is 5.10 Å². The largest absolute Gasteiger partial charge is 0.282 e. The maximum atomic E-state index is 4.27. The van der Waals surface area contributed by atoms with E-state index in [0.29, 0.717) is 0 Å². The van der Waals surface area contributed by atoms with Crippen LogP contribution < -0.4 is 0 Å². The van der Waals surface area contributed by atoms with Crippen molar-refractivity contribution in [3.05, 3.63) is 41.6 Å². The van der Waals surface area contributed by atoms with Crippen LogP contribution in [0.2, 0.25) is 0 Å². The van der Waals surface area contributed by atoms with Gasteiger partial charge in [-0.1, -0.05) is 46.9 Å². The van der Waals surface area contributed by atoms with E-state index < -0.39 is 0 Å². The minimum Gasteiger partial charge on any atom is -0.282 e. The Morgan fingerprint density at radius 2 is 2.14 bits per heavy atom. The Morgan fingerprint density at radius 1 is 1.36 bits per heavy atom. The molecule has 0 radical (unpaired) electrons. The lowest BCUT2D eigenvalue weighted by atomic mass is 10.1. The molecule has 72 valence electrons. The Kier molecular flexibility index (Phi) is 2.86. The van der Waals surface area contributed by atoms with Gasteiger partial charge in [0, 0.05) is 15.7 Å². The van der Waals surface area contributed by atoms with E-state index in [-0.39, 0.29) is 0 Å². The molecule has 2 aromatic rings. The van der Waals surface area contributed by atoms with Gasteiger partial charge in [-0.05, 0) is 18.6 Å². The van der Waals surface area contributed by atoms with Gasteiger partial charge in [-0.15, -0.1) is 0 Å². The lowest BCUT2D eigenvalue weighted by Gasteiger charge is -2.02. The molecule has 0 amide bonds. The molecule has 2 nitrogen and oxygen atoms in total. The van der Waals surface area contributed by atoms with E-state index in [9.17, 15) is 0 Å². The normalized spacial score (nSPS) is 10.4. The Labute approximate surface area is 96.9 Å². The first-order valence-electron chi connectivity index (χ1n) is 4.47. The minimum atomic E-state index is 1.01. The van der Waals surface area contributed by atoms with Crippen molar-refractivity contribution >= 4 is 22.6 Å². The van der Waals surface area contributed by atoms with Crippen molar-refractivity contribution < 1.29 is 0 Å². The average Bonchev–Trinajstić information content (AvgIpc) is 2.65. The van der Waals surface area contributed by atoms with Gasteiger partial charge in [-0.3, -0.25) is 5.10 Å². The summed E-state index contributed by atoms with van der Waals surface area (Å²) in [5, 5.41) is 7.23. The number of nitrogens with one attached hydrogen (secondary N) is 1. The number of halogens is 1. The van der Waals surface area contributed by atoms with Crippen molar-refractivity contribution in [3.63, 3.8) is 0 Å². The van der Waals surface area contributed by atoms with Crippen molar-refractivity contribution in [2.24, 2.45) is 0 Å². The predicted molar refractivity (Wildman–Crippen MR) is 66.5 cm³/mol. The van der Waals surface area contributed by atoms with Gasteiger partial charge in [0.05, 0.1) is 5.69 Å². The van der Waals surface area contributed by atoms with Crippen LogP contribution in [0.15, 0.2) is 30.3 Å². The summed E-state index contributed by atoms with van der Waals surface area (Å²) in [6, 6.07) is 10.5. The van der Waals surface area contributed by atoms with Gasteiger partial charge < -0.3 is 0 Å². The molecule has 14 heavy (non-hydrogen) atoms. The van der Waals surface area contributed by atoms with Crippen molar-refractivity contribution in [1.29, 1.82) is 0 Å². The molecule has 2 rings (SSSR count). The highest BCUT2D eigenvalue weighted by Gasteiger charge is 2.05. The van der Waals surface area contributed by atoms with Crippen molar-refractivity contribution in [3.8, 4) is 11.3 Å². The molecule has 0 saturated heterocycles. The van der Waals surface area contributed by atoms with Gasteiger partial charge in [0.1, 0.15) is 0 Å². The third-order valence-electron chi connectivity index (χ3n) is 2.14. The second kappa shape index (κ2) is 4.13. The number of aryl methyl sites for hydroxylation is 1. The lowest BCUT2D eigenvalue weighted by Crippen LogP contribution is -1.85. The zero-order valence-corrected chi connectivity index (χ0v) is 10.1. The van der Waals surface area contributed by atoms with Gasteiger partial charge in [0.2, 0.25) is 0 Å². The van der Waals surface area contributed by atoms with Crippen molar-refractivity contribution in [1.82, 2.24) is 10.2 Å². The molecule has 0 saturated carbocycles. The third kappa shape index (κ3) is 1.82. The number of aromatic nitrogens is 2. The third-order valence-corrected chi connectivity index (χ3v) is 2.97. The number of hydrogen-bond donors (Lipinski definition) is 1. The Morgan fingerprint density at radius 3 is 2.79 bits per heavy atom.